The first-order chi connectivity index (χ1) is 36.7. The second-order valence-electron chi connectivity index (χ2n) is 19.1. The summed E-state index contributed by atoms with van der Waals surface area (Å²) in [6, 6.07) is 83.1. The quantitative estimate of drug-likeness (QED) is 0.167. The van der Waals surface area contributed by atoms with Crippen molar-refractivity contribution in [2.75, 3.05) is 0 Å². The van der Waals surface area contributed by atoms with Crippen molar-refractivity contribution in [2.24, 2.45) is 0 Å². The molecular weight excluding hydrogens is 939 g/mol. The van der Waals surface area contributed by atoms with Crippen LogP contribution in [0.4, 0.5) is 0 Å². The van der Waals surface area contributed by atoms with Gasteiger partial charge in [-0.3, -0.25) is 4.98 Å². The molecule has 16 rings (SSSR count). The van der Waals surface area contributed by atoms with Gasteiger partial charge < -0.3 is 9.13 Å². The number of fused-ring (bicyclic) bond motifs is 13. The summed E-state index contributed by atoms with van der Waals surface area (Å²) in [5.74, 6) is 0. The first-order valence-corrected chi connectivity index (χ1v) is 26.5. The Kier molecular flexibility index (Phi) is 9.01. The average Bonchev–Trinajstić information content (AvgIpc) is 4.22. The first kappa shape index (κ1) is 41.4. The van der Waals surface area contributed by atoms with Crippen LogP contribution in [0.5, 0.6) is 0 Å². The van der Waals surface area contributed by atoms with Gasteiger partial charge in [0.1, 0.15) is 11.0 Å². The molecule has 0 aliphatic rings. The largest absolute Gasteiger partial charge is 0.309 e. The van der Waals surface area contributed by atoms with Gasteiger partial charge in [0.15, 0.2) is 0 Å². The van der Waals surface area contributed by atoms with Crippen LogP contribution in [0.15, 0.2) is 237 Å². The van der Waals surface area contributed by atoms with Crippen LogP contribution in [0.2, 0.25) is 0 Å². The van der Waals surface area contributed by atoms with E-state index in [0.29, 0.717) is 0 Å². The Morgan fingerprint density at radius 3 is 1.28 bits per heavy atom. The zero-order valence-electron chi connectivity index (χ0n) is 39.6. The van der Waals surface area contributed by atoms with Crippen LogP contribution >= 0.6 is 22.7 Å². The maximum Gasteiger partial charge on any atom is 0.116 e. The van der Waals surface area contributed by atoms with Gasteiger partial charge in [0.2, 0.25) is 0 Å². The van der Waals surface area contributed by atoms with E-state index >= 15 is 0 Å². The number of rotatable bonds is 6. The van der Waals surface area contributed by atoms with Gasteiger partial charge in [0.25, 0.3) is 0 Å². The van der Waals surface area contributed by atoms with Gasteiger partial charge in [-0.1, -0.05) is 158 Å². The normalized spacial score (nSPS) is 12.1. The predicted molar refractivity (Wildman–Crippen MR) is 314 cm³/mol. The summed E-state index contributed by atoms with van der Waals surface area (Å²) in [5.41, 5.74) is 15.6. The molecule has 16 aromatic rings. The van der Waals surface area contributed by atoms with Crippen molar-refractivity contribution < 1.29 is 0 Å². The number of para-hydroxylation sites is 2. The second kappa shape index (κ2) is 16.1. The van der Waals surface area contributed by atoms with E-state index in [9.17, 15) is 0 Å². The fourth-order valence-electron chi connectivity index (χ4n) is 11.6. The molecule has 0 N–H and O–H groups in total. The Hall–Kier alpha value is -9.27. The summed E-state index contributed by atoms with van der Waals surface area (Å²) in [7, 11) is 0. The van der Waals surface area contributed by atoms with Crippen LogP contribution in [-0.2, 0) is 0 Å². The van der Waals surface area contributed by atoms with Gasteiger partial charge >= 0.3 is 0 Å². The molecule has 0 saturated heterocycles. The fourth-order valence-corrected chi connectivity index (χ4v) is 13.8. The molecule has 0 atom stereocenters. The third-order valence-corrected chi connectivity index (χ3v) is 17.2. The highest BCUT2D eigenvalue weighted by Crippen LogP contribution is 2.44. The minimum absolute atomic E-state index is 0.737. The van der Waals surface area contributed by atoms with Gasteiger partial charge in [-0.05, 0) is 78.4 Å². The molecule has 0 saturated carbocycles. The van der Waals surface area contributed by atoms with Crippen LogP contribution < -0.4 is 0 Å². The van der Waals surface area contributed by atoms with E-state index in [1.54, 1.807) is 0 Å². The van der Waals surface area contributed by atoms with Crippen LogP contribution in [0.1, 0.15) is 0 Å². The lowest BCUT2D eigenvalue weighted by Crippen LogP contribution is -2.01. The van der Waals surface area contributed by atoms with Gasteiger partial charge in [-0.15, -0.1) is 22.7 Å². The van der Waals surface area contributed by atoms with Gasteiger partial charge in [0, 0.05) is 102 Å². The Morgan fingerprint density at radius 2 is 0.730 bits per heavy atom. The number of hydrogen-bond acceptors (Lipinski definition) is 5. The maximum absolute atomic E-state index is 5.72. The Bertz CT molecular complexity index is 4650. The lowest BCUT2D eigenvalue weighted by atomic mass is 9.99. The number of hydrogen-bond donors (Lipinski definition) is 0. The molecule has 6 heterocycles. The molecule has 0 radical (unpaired) electrons. The summed E-state index contributed by atoms with van der Waals surface area (Å²) >= 11 is 3.72. The zero-order valence-corrected chi connectivity index (χ0v) is 41.2. The number of aromatic nitrogens is 5. The number of benzene rings is 10. The van der Waals surface area contributed by atoms with Gasteiger partial charge in [-0.2, -0.15) is 0 Å². The van der Waals surface area contributed by atoms with Gasteiger partial charge in [-0.25, -0.2) is 9.97 Å². The van der Waals surface area contributed by atoms with Crippen molar-refractivity contribution in [2.45, 2.75) is 0 Å². The minimum atomic E-state index is 0.737. The standard InChI is InChI=1S/C67H39N5S2/c1-3-17-40(18-4-1)64-65(41-19-5-2-6-20-41)70-67-63(43-22-16-24-45(34-43)72-56-30-12-8-26-47(56)51-38-62-53(36-58(51)72)49-28-10-14-32-60(49)74-62)68-39-54(66(67)69-64)42-21-15-23-44(33-42)71-55-29-11-7-25-46(55)50-37-61-52(35-57(50)71)48-27-9-13-31-59(48)73-61/h1-39H. The molecule has 0 aliphatic heterocycles. The highest BCUT2D eigenvalue weighted by molar-refractivity contribution is 7.26. The molecule has 0 spiro atoms. The summed E-state index contributed by atoms with van der Waals surface area (Å²) in [4.78, 5) is 16.9. The van der Waals surface area contributed by atoms with Crippen molar-refractivity contribution in [3.63, 3.8) is 0 Å². The molecule has 0 amide bonds. The monoisotopic (exact) mass is 977 g/mol. The topological polar surface area (TPSA) is 48.5 Å². The maximum atomic E-state index is 5.72. The Balaban J connectivity index is 0.930. The van der Waals surface area contributed by atoms with E-state index in [2.05, 4.69) is 234 Å². The first-order valence-electron chi connectivity index (χ1n) is 24.9. The molecule has 7 heteroatoms. The fraction of sp³-hybridized carbons (Fsp3) is 0. The van der Waals surface area contributed by atoms with Crippen LogP contribution in [0.25, 0.3) is 151 Å². The van der Waals surface area contributed by atoms with E-state index in [1.807, 2.05) is 34.9 Å². The Morgan fingerprint density at radius 1 is 0.284 bits per heavy atom. The number of thiophene rings is 2. The third-order valence-electron chi connectivity index (χ3n) is 14.9. The van der Waals surface area contributed by atoms with Crippen molar-refractivity contribution in [1.82, 2.24) is 24.1 Å². The van der Waals surface area contributed by atoms with E-state index in [-0.39, 0.29) is 0 Å². The molecule has 6 aromatic heterocycles. The molecule has 74 heavy (non-hydrogen) atoms. The molecule has 0 aliphatic carbocycles. The average molecular weight is 978 g/mol. The summed E-state index contributed by atoms with van der Waals surface area (Å²) in [5, 5.41) is 10.1. The summed E-state index contributed by atoms with van der Waals surface area (Å²) in [6.07, 6.45) is 2.01. The highest BCUT2D eigenvalue weighted by Gasteiger charge is 2.23. The molecule has 5 nitrogen and oxygen atoms in total. The molecule has 0 unspecified atom stereocenters. The van der Waals surface area contributed by atoms with Crippen LogP contribution in [-0.4, -0.2) is 24.1 Å². The minimum Gasteiger partial charge on any atom is -0.309 e. The second-order valence-corrected chi connectivity index (χ2v) is 21.3. The summed E-state index contributed by atoms with van der Waals surface area (Å²) in [6.45, 7) is 0. The van der Waals surface area contributed by atoms with Crippen LogP contribution in [0, 0.1) is 0 Å². The van der Waals surface area contributed by atoms with Crippen LogP contribution in [0.3, 0.4) is 0 Å². The zero-order chi connectivity index (χ0) is 48.4. The number of nitrogens with zero attached hydrogens (tertiary/aromatic N) is 5. The van der Waals surface area contributed by atoms with Crippen molar-refractivity contribution in [3.05, 3.63) is 237 Å². The van der Waals surface area contributed by atoms with E-state index < -0.39 is 0 Å². The Labute approximate surface area is 432 Å². The van der Waals surface area contributed by atoms with Gasteiger partial charge in [0.05, 0.1) is 39.1 Å². The smallest absolute Gasteiger partial charge is 0.116 e. The highest BCUT2D eigenvalue weighted by atomic mass is 32.1. The lowest BCUT2D eigenvalue weighted by molar-refractivity contribution is 1.18. The molecular formula is C67H39N5S2. The van der Waals surface area contributed by atoms with Crippen molar-refractivity contribution in [1.29, 1.82) is 0 Å². The third kappa shape index (κ3) is 6.24. The molecule has 10 aromatic carbocycles. The predicted octanol–water partition coefficient (Wildman–Crippen LogP) is 18.6. The van der Waals surface area contributed by atoms with E-state index in [1.165, 1.54) is 72.9 Å². The van der Waals surface area contributed by atoms with E-state index in [4.69, 9.17) is 15.0 Å². The SMILES string of the molecule is c1ccc(-c2nc3c(-c4cccc(-n5c6ccccc6c6cc7sc8ccccc8c7cc65)c4)cnc(-c4cccc(-n5c6ccccc6c6cc7sc8ccccc8c7cc65)c4)c3nc2-c2ccccc2)cc1. The lowest BCUT2D eigenvalue weighted by Gasteiger charge is -2.16. The number of pyridine rings is 1. The van der Waals surface area contributed by atoms with E-state index in [0.717, 1.165) is 78.3 Å². The summed E-state index contributed by atoms with van der Waals surface area (Å²) < 4.78 is 10.0. The van der Waals surface area contributed by atoms with Crippen molar-refractivity contribution >= 4 is 118 Å². The van der Waals surface area contributed by atoms with Crippen molar-refractivity contribution in [3.8, 4) is 56.3 Å². The molecule has 0 bridgehead atoms. The molecule has 0 fully saturated rings. The molecule has 344 valence electrons.